The van der Waals surface area contributed by atoms with Crippen LogP contribution in [0.25, 0.3) is 0 Å². The number of piperidine rings is 1. The van der Waals surface area contributed by atoms with Crippen molar-refractivity contribution < 1.29 is 29.2 Å². The largest absolute Gasteiger partial charge is 0.492 e. The number of hydrogen-bond donors (Lipinski definition) is 2. The quantitative estimate of drug-likeness (QED) is 0.439. The Bertz CT molecular complexity index is 1200. The summed E-state index contributed by atoms with van der Waals surface area (Å²) in [6.45, 7) is 2.60. The zero-order valence-electron chi connectivity index (χ0n) is 24.5. The molecule has 0 amide bonds. The lowest BCUT2D eigenvalue weighted by Gasteiger charge is -2.49. The van der Waals surface area contributed by atoms with Crippen LogP contribution in [0.15, 0.2) is 65.0 Å². The Morgan fingerprint density at radius 1 is 1.07 bits per heavy atom. The minimum atomic E-state index is -0.586. The van der Waals surface area contributed by atoms with Crippen LogP contribution in [0.1, 0.15) is 70.3 Å². The van der Waals surface area contributed by atoms with Gasteiger partial charge in [-0.25, -0.2) is 4.79 Å². The summed E-state index contributed by atoms with van der Waals surface area (Å²) < 4.78 is 17.6. The average Bonchev–Trinajstić information content (AvgIpc) is 3.41. The molecule has 0 aromatic heterocycles. The van der Waals surface area contributed by atoms with E-state index in [0.29, 0.717) is 23.4 Å². The predicted octanol–water partition coefficient (Wildman–Crippen LogP) is 5.24. The van der Waals surface area contributed by atoms with Crippen LogP contribution >= 0.6 is 0 Å². The predicted molar refractivity (Wildman–Crippen MR) is 155 cm³/mol. The van der Waals surface area contributed by atoms with E-state index < -0.39 is 12.6 Å². The third kappa shape index (κ3) is 5.61. The van der Waals surface area contributed by atoms with Gasteiger partial charge < -0.3 is 24.4 Å². The Hall–Kier alpha value is -2.61. The number of methoxy groups -OCH3 is 1. The second-order valence-electron chi connectivity index (χ2n) is 12.8. The van der Waals surface area contributed by atoms with Gasteiger partial charge in [0, 0.05) is 30.5 Å². The van der Waals surface area contributed by atoms with Gasteiger partial charge in [-0.2, -0.15) is 0 Å². The van der Waals surface area contributed by atoms with Crippen molar-refractivity contribution in [3.05, 3.63) is 70.6 Å². The summed E-state index contributed by atoms with van der Waals surface area (Å²) in [4.78, 5) is 15.1. The maximum Gasteiger partial charge on any atom is 0.345 e. The van der Waals surface area contributed by atoms with Gasteiger partial charge in [-0.1, -0.05) is 69.4 Å². The van der Waals surface area contributed by atoms with Crippen LogP contribution in [0.3, 0.4) is 0 Å². The van der Waals surface area contributed by atoms with E-state index in [4.69, 9.17) is 14.2 Å². The number of allylic oxidation sites excluding steroid dienone is 1. The van der Waals surface area contributed by atoms with Crippen molar-refractivity contribution in [3.8, 4) is 0 Å². The molecule has 3 fully saturated rings. The molecule has 0 bridgehead atoms. The molecule has 0 radical (unpaired) electrons. The molecular formula is C34H45NO6. The van der Waals surface area contributed by atoms with E-state index in [9.17, 15) is 15.0 Å². The molecule has 7 heteroatoms. The molecule has 4 heterocycles. The molecule has 1 aromatic carbocycles. The van der Waals surface area contributed by atoms with Crippen molar-refractivity contribution >= 4 is 5.97 Å². The molecular weight excluding hydrogens is 518 g/mol. The number of carbonyl (C=O) groups is 1. The fraction of sp³-hybridized carbons (Fsp3) is 0.618. The fourth-order valence-electron chi connectivity index (χ4n) is 8.35. The van der Waals surface area contributed by atoms with Gasteiger partial charge in [0.1, 0.15) is 11.3 Å². The molecule has 0 spiro atoms. The van der Waals surface area contributed by atoms with E-state index in [0.717, 1.165) is 44.4 Å². The number of esters is 1. The first-order chi connectivity index (χ1) is 20.0. The van der Waals surface area contributed by atoms with Crippen LogP contribution < -0.4 is 0 Å². The SMILES string of the molecule is COC1=C(CO)C(=O)OC1=C1OC2=CCCN3[C@@H](C[C@H](Cc4ccccc4)C[C@H]3[C@@H](O)CC3CCCCC3)[C@H]2[C@@H]1C. The van der Waals surface area contributed by atoms with Gasteiger partial charge in [0.05, 0.1) is 19.8 Å². The van der Waals surface area contributed by atoms with Crippen LogP contribution in [0, 0.1) is 23.7 Å². The minimum absolute atomic E-state index is 0.0514. The van der Waals surface area contributed by atoms with E-state index in [-0.39, 0.29) is 41.4 Å². The summed E-state index contributed by atoms with van der Waals surface area (Å²) in [5.74, 6) is 2.60. The van der Waals surface area contributed by atoms with Crippen LogP contribution in [0.4, 0.5) is 0 Å². The smallest absolute Gasteiger partial charge is 0.345 e. The Morgan fingerprint density at radius 3 is 2.59 bits per heavy atom. The Balaban J connectivity index is 1.32. The minimum Gasteiger partial charge on any atom is -0.492 e. The Kier molecular flexibility index (Phi) is 8.57. The monoisotopic (exact) mass is 563 g/mol. The summed E-state index contributed by atoms with van der Waals surface area (Å²) in [5, 5.41) is 21.6. The first kappa shape index (κ1) is 28.5. The third-order valence-corrected chi connectivity index (χ3v) is 10.3. The highest BCUT2D eigenvalue weighted by atomic mass is 16.6. The Morgan fingerprint density at radius 2 is 1.85 bits per heavy atom. The topological polar surface area (TPSA) is 88.5 Å². The average molecular weight is 564 g/mol. The highest BCUT2D eigenvalue weighted by Gasteiger charge is 2.51. The van der Waals surface area contributed by atoms with E-state index in [1.54, 1.807) is 0 Å². The van der Waals surface area contributed by atoms with E-state index in [1.807, 2.05) is 0 Å². The van der Waals surface area contributed by atoms with Crippen molar-refractivity contribution in [3.63, 3.8) is 0 Å². The molecule has 7 nitrogen and oxygen atoms in total. The van der Waals surface area contributed by atoms with E-state index >= 15 is 0 Å². The van der Waals surface area contributed by atoms with Gasteiger partial charge in [0.25, 0.3) is 0 Å². The summed E-state index contributed by atoms with van der Waals surface area (Å²) in [7, 11) is 1.49. The number of hydrogen-bond acceptors (Lipinski definition) is 7. The molecule has 2 N–H and O–H groups in total. The zero-order valence-corrected chi connectivity index (χ0v) is 24.5. The number of aliphatic hydroxyl groups excluding tert-OH is 2. The van der Waals surface area contributed by atoms with Gasteiger partial charge in [-0.15, -0.1) is 0 Å². The number of aliphatic hydroxyl groups is 2. The molecule has 4 aliphatic heterocycles. The Labute approximate surface area is 243 Å². The summed E-state index contributed by atoms with van der Waals surface area (Å²) in [5.41, 5.74) is 1.47. The van der Waals surface area contributed by atoms with Crippen molar-refractivity contribution in [2.45, 2.75) is 89.3 Å². The number of benzene rings is 1. The highest BCUT2D eigenvalue weighted by molar-refractivity contribution is 5.94. The van der Waals surface area contributed by atoms with Crippen molar-refractivity contribution in [1.29, 1.82) is 0 Å². The van der Waals surface area contributed by atoms with Crippen LogP contribution in [-0.4, -0.2) is 59.5 Å². The molecule has 41 heavy (non-hydrogen) atoms. The molecule has 5 aliphatic rings. The summed E-state index contributed by atoms with van der Waals surface area (Å²) in [6, 6.07) is 11.0. The van der Waals surface area contributed by atoms with Crippen LogP contribution in [0.5, 0.6) is 0 Å². The lowest BCUT2D eigenvalue weighted by atomic mass is 9.73. The number of nitrogens with zero attached hydrogens (tertiary/aromatic N) is 1. The molecule has 1 aliphatic carbocycles. The molecule has 0 unspecified atom stereocenters. The lowest BCUT2D eigenvalue weighted by Crippen LogP contribution is -2.57. The first-order valence-corrected chi connectivity index (χ1v) is 15.7. The third-order valence-electron chi connectivity index (χ3n) is 10.3. The van der Waals surface area contributed by atoms with Crippen molar-refractivity contribution in [2.75, 3.05) is 20.3 Å². The van der Waals surface area contributed by atoms with E-state index in [1.165, 1.54) is 44.8 Å². The van der Waals surface area contributed by atoms with E-state index in [2.05, 4.69) is 48.2 Å². The number of cyclic esters (lactones) is 1. The molecule has 222 valence electrons. The van der Waals surface area contributed by atoms with Gasteiger partial charge in [-0.05, 0) is 55.6 Å². The first-order valence-electron chi connectivity index (χ1n) is 15.7. The van der Waals surface area contributed by atoms with Gasteiger partial charge in [-0.3, -0.25) is 4.90 Å². The fourth-order valence-corrected chi connectivity index (χ4v) is 8.35. The van der Waals surface area contributed by atoms with Gasteiger partial charge >= 0.3 is 5.97 Å². The molecule has 1 aromatic rings. The summed E-state index contributed by atoms with van der Waals surface area (Å²) in [6.07, 6.45) is 13.0. The van der Waals surface area contributed by atoms with Crippen molar-refractivity contribution in [1.82, 2.24) is 4.90 Å². The standard InChI is InChI=1S/C34H45NO6/c1-21-30-27-18-24(16-22-10-5-3-6-11-22)17-26(28(37)19-23-12-7-4-8-13-23)35(27)15-9-14-29(30)40-31(21)33-32(39-2)25(20-36)34(38)41-33/h3,5-6,10-11,14,21,23-24,26-28,30,36-37H,4,7-9,12-13,15-20H2,1-2H3/t21-,24+,26-,27-,28-,30+/m0/s1. The second kappa shape index (κ2) is 12.3. The van der Waals surface area contributed by atoms with Crippen LogP contribution in [0.2, 0.25) is 0 Å². The zero-order chi connectivity index (χ0) is 28.5. The number of carbonyl (C=O) groups excluding carboxylic acids is 1. The number of ether oxygens (including phenoxy) is 3. The highest BCUT2D eigenvalue weighted by Crippen LogP contribution is 2.50. The van der Waals surface area contributed by atoms with Crippen molar-refractivity contribution in [2.24, 2.45) is 23.7 Å². The lowest BCUT2D eigenvalue weighted by molar-refractivity contribution is -0.133. The number of fused-ring (bicyclic) bond motifs is 3. The van der Waals surface area contributed by atoms with Gasteiger partial charge in [0.2, 0.25) is 5.76 Å². The normalized spacial score (nSPS) is 33.4. The summed E-state index contributed by atoms with van der Waals surface area (Å²) >= 11 is 0. The number of rotatable bonds is 7. The molecule has 6 rings (SSSR count). The van der Waals surface area contributed by atoms with Crippen LogP contribution in [-0.2, 0) is 25.4 Å². The maximum atomic E-state index is 12.5. The molecule has 6 atom stereocenters. The maximum absolute atomic E-state index is 12.5. The second-order valence-corrected chi connectivity index (χ2v) is 12.8. The van der Waals surface area contributed by atoms with Gasteiger partial charge in [0.15, 0.2) is 11.5 Å². The molecule has 1 saturated carbocycles. The molecule has 2 saturated heterocycles.